The van der Waals surface area contributed by atoms with Gasteiger partial charge in [0.25, 0.3) is 0 Å². The lowest BCUT2D eigenvalue weighted by Crippen LogP contribution is -2.51. The summed E-state index contributed by atoms with van der Waals surface area (Å²) in [7, 11) is 0. The van der Waals surface area contributed by atoms with Crippen molar-refractivity contribution in [3.63, 3.8) is 0 Å². The number of nitrogens with one attached hydrogen (secondary N) is 1. The molecule has 0 aliphatic carbocycles. The standard InChI is InChI=1S/C13H22N4O2/c1-3-13(4-2,12(18)19)14-9-11-16-15-10-7-5-6-8-17(10)11/h14H,3-9H2,1-2H3,(H,18,19). The van der Waals surface area contributed by atoms with Gasteiger partial charge in [0, 0.05) is 13.0 Å². The van der Waals surface area contributed by atoms with Gasteiger partial charge in [0.1, 0.15) is 17.2 Å². The summed E-state index contributed by atoms with van der Waals surface area (Å²) in [6.45, 7) is 5.19. The van der Waals surface area contributed by atoms with Gasteiger partial charge in [-0.15, -0.1) is 10.2 Å². The molecule has 2 heterocycles. The molecule has 0 spiro atoms. The number of hydrogen-bond acceptors (Lipinski definition) is 4. The predicted molar refractivity (Wildman–Crippen MR) is 70.7 cm³/mol. The third-order valence-electron chi connectivity index (χ3n) is 4.14. The van der Waals surface area contributed by atoms with E-state index in [9.17, 15) is 9.90 Å². The summed E-state index contributed by atoms with van der Waals surface area (Å²) in [5.41, 5.74) is -0.860. The topological polar surface area (TPSA) is 80.0 Å². The van der Waals surface area contributed by atoms with E-state index in [1.54, 1.807) is 0 Å². The Labute approximate surface area is 113 Å². The molecule has 0 amide bonds. The van der Waals surface area contributed by atoms with E-state index in [0.717, 1.165) is 37.5 Å². The molecule has 106 valence electrons. The molecular weight excluding hydrogens is 244 g/mol. The Kier molecular flexibility index (Phi) is 4.19. The number of aromatic nitrogens is 3. The van der Waals surface area contributed by atoms with Crippen LogP contribution in [0.2, 0.25) is 0 Å². The quantitative estimate of drug-likeness (QED) is 0.812. The van der Waals surface area contributed by atoms with Gasteiger partial charge in [0.15, 0.2) is 0 Å². The number of aryl methyl sites for hydroxylation is 1. The Bertz CT molecular complexity index is 451. The fourth-order valence-electron chi connectivity index (χ4n) is 2.63. The Morgan fingerprint density at radius 3 is 2.74 bits per heavy atom. The number of carboxylic acids is 1. The number of carboxylic acid groups (broad SMARTS) is 1. The zero-order valence-corrected chi connectivity index (χ0v) is 11.6. The second kappa shape index (κ2) is 5.69. The number of nitrogens with zero attached hydrogens (tertiary/aromatic N) is 3. The van der Waals surface area contributed by atoms with Gasteiger partial charge in [-0.3, -0.25) is 10.1 Å². The van der Waals surface area contributed by atoms with Crippen molar-refractivity contribution in [3.05, 3.63) is 11.6 Å². The fourth-order valence-corrected chi connectivity index (χ4v) is 2.63. The monoisotopic (exact) mass is 266 g/mol. The molecule has 0 radical (unpaired) electrons. The van der Waals surface area contributed by atoms with Gasteiger partial charge < -0.3 is 9.67 Å². The highest BCUT2D eigenvalue weighted by Gasteiger charge is 2.34. The Morgan fingerprint density at radius 2 is 2.11 bits per heavy atom. The van der Waals surface area contributed by atoms with Crippen molar-refractivity contribution in [3.8, 4) is 0 Å². The van der Waals surface area contributed by atoms with Gasteiger partial charge in [-0.25, -0.2) is 0 Å². The molecule has 1 aromatic heterocycles. The summed E-state index contributed by atoms with van der Waals surface area (Å²) in [6, 6.07) is 0. The first-order valence-corrected chi connectivity index (χ1v) is 7.02. The Hall–Kier alpha value is -1.43. The van der Waals surface area contributed by atoms with Crippen molar-refractivity contribution in [1.82, 2.24) is 20.1 Å². The van der Waals surface area contributed by atoms with E-state index in [1.165, 1.54) is 0 Å². The lowest BCUT2D eigenvalue weighted by atomic mass is 9.93. The highest BCUT2D eigenvalue weighted by atomic mass is 16.4. The van der Waals surface area contributed by atoms with E-state index < -0.39 is 11.5 Å². The van der Waals surface area contributed by atoms with E-state index >= 15 is 0 Å². The van der Waals surface area contributed by atoms with Gasteiger partial charge >= 0.3 is 5.97 Å². The summed E-state index contributed by atoms with van der Waals surface area (Å²) in [6.07, 6.45) is 4.39. The van der Waals surface area contributed by atoms with Crippen molar-refractivity contribution in [1.29, 1.82) is 0 Å². The number of fused-ring (bicyclic) bond motifs is 1. The number of hydrogen-bond donors (Lipinski definition) is 2. The minimum Gasteiger partial charge on any atom is -0.480 e. The normalized spacial score (nSPS) is 15.3. The zero-order chi connectivity index (χ0) is 13.9. The molecule has 19 heavy (non-hydrogen) atoms. The molecule has 6 heteroatoms. The first-order valence-electron chi connectivity index (χ1n) is 7.02. The average molecular weight is 266 g/mol. The van der Waals surface area contributed by atoms with E-state index in [2.05, 4.69) is 20.1 Å². The minimum atomic E-state index is -0.860. The molecule has 0 saturated carbocycles. The van der Waals surface area contributed by atoms with Gasteiger partial charge in [0.05, 0.1) is 6.54 Å². The van der Waals surface area contributed by atoms with Crippen LogP contribution >= 0.6 is 0 Å². The molecule has 6 nitrogen and oxygen atoms in total. The molecule has 1 aliphatic rings. The predicted octanol–water partition coefficient (Wildman–Crippen LogP) is 1.35. The number of rotatable bonds is 6. The van der Waals surface area contributed by atoms with Crippen molar-refractivity contribution in [2.75, 3.05) is 0 Å². The van der Waals surface area contributed by atoms with Crippen LogP contribution in [-0.4, -0.2) is 31.4 Å². The molecule has 2 N–H and O–H groups in total. The molecule has 0 atom stereocenters. The maximum Gasteiger partial charge on any atom is 0.323 e. The summed E-state index contributed by atoms with van der Waals surface area (Å²) in [4.78, 5) is 11.4. The van der Waals surface area contributed by atoms with Crippen molar-refractivity contribution in [2.45, 2.75) is 64.6 Å². The van der Waals surface area contributed by atoms with Crippen molar-refractivity contribution < 1.29 is 9.90 Å². The van der Waals surface area contributed by atoms with Crippen molar-refractivity contribution >= 4 is 5.97 Å². The van der Waals surface area contributed by atoms with Gasteiger partial charge in [-0.2, -0.15) is 0 Å². The second-order valence-electron chi connectivity index (χ2n) is 5.09. The van der Waals surface area contributed by atoms with Crippen LogP contribution in [0.25, 0.3) is 0 Å². The van der Waals surface area contributed by atoms with Crippen LogP contribution in [0, 0.1) is 0 Å². The van der Waals surface area contributed by atoms with Gasteiger partial charge in [0.2, 0.25) is 0 Å². The summed E-state index contributed by atoms with van der Waals surface area (Å²) in [5, 5.41) is 20.9. The molecule has 1 aliphatic heterocycles. The molecule has 0 saturated heterocycles. The SMILES string of the molecule is CCC(CC)(NCc1nnc2n1CCCC2)C(=O)O. The smallest absolute Gasteiger partial charge is 0.323 e. The highest BCUT2D eigenvalue weighted by Crippen LogP contribution is 2.18. The fraction of sp³-hybridized carbons (Fsp3) is 0.769. The van der Waals surface area contributed by atoms with Crippen LogP contribution in [-0.2, 0) is 24.3 Å². The Morgan fingerprint density at radius 1 is 1.37 bits per heavy atom. The Balaban J connectivity index is 2.09. The van der Waals surface area contributed by atoms with Crippen LogP contribution < -0.4 is 5.32 Å². The van der Waals surface area contributed by atoms with Crippen molar-refractivity contribution in [2.24, 2.45) is 0 Å². The lowest BCUT2D eigenvalue weighted by molar-refractivity contribution is -0.145. The molecular formula is C13H22N4O2. The van der Waals surface area contributed by atoms with Gasteiger partial charge in [-0.1, -0.05) is 13.8 Å². The highest BCUT2D eigenvalue weighted by molar-refractivity contribution is 5.78. The van der Waals surface area contributed by atoms with E-state index in [1.807, 2.05) is 13.8 Å². The first kappa shape index (κ1) is 14.0. The van der Waals surface area contributed by atoms with E-state index in [4.69, 9.17) is 0 Å². The van der Waals surface area contributed by atoms with Gasteiger partial charge in [-0.05, 0) is 25.7 Å². The largest absolute Gasteiger partial charge is 0.480 e. The molecule has 0 aromatic carbocycles. The number of aliphatic carboxylic acids is 1. The molecule has 2 rings (SSSR count). The third kappa shape index (κ3) is 2.63. The third-order valence-corrected chi connectivity index (χ3v) is 4.14. The summed E-state index contributed by atoms with van der Waals surface area (Å²) in [5.74, 6) is 1.08. The molecule has 0 fully saturated rings. The molecule has 0 unspecified atom stereocenters. The summed E-state index contributed by atoms with van der Waals surface area (Å²) < 4.78 is 2.12. The maximum absolute atomic E-state index is 11.4. The zero-order valence-electron chi connectivity index (χ0n) is 11.6. The van der Waals surface area contributed by atoms with E-state index in [0.29, 0.717) is 19.4 Å². The maximum atomic E-state index is 11.4. The number of carbonyl (C=O) groups is 1. The van der Waals surface area contributed by atoms with Crippen LogP contribution in [0.5, 0.6) is 0 Å². The van der Waals surface area contributed by atoms with Crippen LogP contribution in [0.4, 0.5) is 0 Å². The second-order valence-corrected chi connectivity index (χ2v) is 5.09. The van der Waals surface area contributed by atoms with Crippen LogP contribution in [0.15, 0.2) is 0 Å². The van der Waals surface area contributed by atoms with E-state index in [-0.39, 0.29) is 0 Å². The summed E-state index contributed by atoms with van der Waals surface area (Å²) >= 11 is 0. The first-order chi connectivity index (χ1) is 9.13. The lowest BCUT2D eigenvalue weighted by Gasteiger charge is -2.28. The average Bonchev–Trinajstić information content (AvgIpc) is 2.84. The van der Waals surface area contributed by atoms with Crippen LogP contribution in [0.3, 0.4) is 0 Å². The minimum absolute atomic E-state index is 0.459. The molecule has 1 aromatic rings. The molecule has 0 bridgehead atoms. The van der Waals surface area contributed by atoms with Crippen LogP contribution in [0.1, 0.15) is 51.2 Å².